The highest BCUT2D eigenvalue weighted by molar-refractivity contribution is 5.67. The summed E-state index contributed by atoms with van der Waals surface area (Å²) in [5.74, 6) is -0.211. The van der Waals surface area contributed by atoms with E-state index in [0.717, 1.165) is 5.69 Å². The van der Waals surface area contributed by atoms with Crippen molar-refractivity contribution in [3.05, 3.63) is 45.9 Å². The molecule has 0 spiro atoms. The fraction of sp³-hybridized carbons (Fsp3) is 0.412. The first-order valence-electron chi connectivity index (χ1n) is 7.44. The normalized spacial score (nSPS) is 11.5. The van der Waals surface area contributed by atoms with Crippen molar-refractivity contribution < 1.29 is 14.6 Å². The Morgan fingerprint density at radius 1 is 1.26 bits per heavy atom. The molecule has 0 saturated carbocycles. The summed E-state index contributed by atoms with van der Waals surface area (Å²) < 4.78 is 6.58. The second kappa shape index (κ2) is 6.32. The number of nitrogens with one attached hydrogen (secondary N) is 1. The van der Waals surface area contributed by atoms with Crippen molar-refractivity contribution >= 4 is 5.97 Å². The highest BCUT2D eigenvalue weighted by Gasteiger charge is 2.25. The van der Waals surface area contributed by atoms with E-state index in [9.17, 15) is 9.59 Å². The summed E-state index contributed by atoms with van der Waals surface area (Å²) in [7, 11) is 1.58. The average molecular weight is 318 g/mol. The zero-order valence-electron chi connectivity index (χ0n) is 13.8. The maximum atomic E-state index is 12.7. The number of carboxylic acids is 1. The number of benzene rings is 1. The first kappa shape index (κ1) is 16.9. The standard InChI is InChI=1S/C17H22N2O4/c1-17(2,3)15-13(9-10-14(20)21)16(22)19(18-15)11-5-7-12(23-4)8-6-11/h5-8,18H,9-10H2,1-4H3,(H,20,21). The Morgan fingerprint density at radius 3 is 2.35 bits per heavy atom. The van der Waals surface area contributed by atoms with Gasteiger partial charge in [-0.25, -0.2) is 4.68 Å². The molecule has 0 aliphatic rings. The number of aliphatic carboxylic acids is 1. The number of rotatable bonds is 5. The molecule has 1 heterocycles. The maximum Gasteiger partial charge on any atom is 0.303 e. The quantitative estimate of drug-likeness (QED) is 0.887. The van der Waals surface area contributed by atoms with E-state index >= 15 is 0 Å². The van der Waals surface area contributed by atoms with Gasteiger partial charge in [0.05, 0.1) is 12.8 Å². The Morgan fingerprint density at radius 2 is 1.87 bits per heavy atom. The lowest BCUT2D eigenvalue weighted by Crippen LogP contribution is -2.19. The van der Waals surface area contributed by atoms with Crippen molar-refractivity contribution in [2.75, 3.05) is 7.11 Å². The van der Waals surface area contributed by atoms with E-state index in [1.807, 2.05) is 20.8 Å². The van der Waals surface area contributed by atoms with E-state index in [4.69, 9.17) is 9.84 Å². The molecular formula is C17H22N2O4. The molecule has 0 bridgehead atoms. The van der Waals surface area contributed by atoms with Gasteiger partial charge < -0.3 is 9.84 Å². The molecule has 0 aliphatic heterocycles. The van der Waals surface area contributed by atoms with E-state index < -0.39 is 5.97 Å². The van der Waals surface area contributed by atoms with Gasteiger partial charge in [0.15, 0.2) is 0 Å². The lowest BCUT2D eigenvalue weighted by molar-refractivity contribution is -0.136. The first-order chi connectivity index (χ1) is 10.7. The summed E-state index contributed by atoms with van der Waals surface area (Å²) in [4.78, 5) is 23.6. The van der Waals surface area contributed by atoms with Gasteiger partial charge in [0.1, 0.15) is 5.75 Å². The lowest BCUT2D eigenvalue weighted by atomic mass is 9.88. The molecule has 0 fully saturated rings. The van der Waals surface area contributed by atoms with Crippen LogP contribution in [-0.4, -0.2) is 28.0 Å². The van der Waals surface area contributed by atoms with Gasteiger partial charge in [0.25, 0.3) is 5.56 Å². The molecule has 1 aromatic heterocycles. The van der Waals surface area contributed by atoms with Gasteiger partial charge in [0.2, 0.25) is 0 Å². The van der Waals surface area contributed by atoms with Crippen molar-refractivity contribution in [3.63, 3.8) is 0 Å². The molecule has 23 heavy (non-hydrogen) atoms. The van der Waals surface area contributed by atoms with Crippen molar-refractivity contribution in [2.24, 2.45) is 0 Å². The summed E-state index contributed by atoms with van der Waals surface area (Å²) in [5, 5.41) is 12.0. The van der Waals surface area contributed by atoms with Crippen LogP contribution in [0.1, 0.15) is 38.4 Å². The van der Waals surface area contributed by atoms with Crippen molar-refractivity contribution in [1.29, 1.82) is 0 Å². The molecule has 0 unspecified atom stereocenters. The number of aromatic amines is 1. The monoisotopic (exact) mass is 318 g/mol. The maximum absolute atomic E-state index is 12.7. The minimum absolute atomic E-state index is 0.0706. The number of carboxylic acid groups (broad SMARTS) is 1. The third-order valence-corrected chi connectivity index (χ3v) is 3.66. The van der Waals surface area contributed by atoms with Crippen LogP contribution in [0.25, 0.3) is 5.69 Å². The average Bonchev–Trinajstić information content (AvgIpc) is 2.82. The minimum atomic E-state index is -0.915. The fourth-order valence-electron chi connectivity index (χ4n) is 2.47. The Labute approximate surface area is 134 Å². The number of methoxy groups -OCH3 is 1. The molecule has 0 aliphatic carbocycles. The molecule has 124 valence electrons. The molecule has 1 aromatic carbocycles. The van der Waals surface area contributed by atoms with Crippen molar-refractivity contribution in [2.45, 2.75) is 39.0 Å². The van der Waals surface area contributed by atoms with Crippen LogP contribution in [-0.2, 0) is 16.6 Å². The first-order valence-corrected chi connectivity index (χ1v) is 7.44. The molecule has 6 nitrogen and oxygen atoms in total. The van der Waals surface area contributed by atoms with Crippen LogP contribution in [0.5, 0.6) is 5.75 Å². The Kier molecular flexibility index (Phi) is 4.63. The smallest absolute Gasteiger partial charge is 0.303 e. The van der Waals surface area contributed by atoms with Gasteiger partial charge in [-0.2, -0.15) is 0 Å². The fourth-order valence-corrected chi connectivity index (χ4v) is 2.47. The van der Waals surface area contributed by atoms with Crippen LogP contribution in [0.2, 0.25) is 0 Å². The second-order valence-electron chi connectivity index (χ2n) is 6.45. The van der Waals surface area contributed by atoms with E-state index in [-0.39, 0.29) is 23.8 Å². The predicted octanol–water partition coefficient (Wildman–Crippen LogP) is 2.49. The number of hydrogen-bond acceptors (Lipinski definition) is 3. The van der Waals surface area contributed by atoms with E-state index in [1.165, 1.54) is 4.68 Å². The number of H-pyrrole nitrogens is 1. The van der Waals surface area contributed by atoms with Crippen LogP contribution in [0.15, 0.2) is 29.1 Å². The molecule has 0 radical (unpaired) electrons. The molecule has 0 saturated heterocycles. The number of ether oxygens (including phenoxy) is 1. The van der Waals surface area contributed by atoms with Gasteiger partial charge in [-0.15, -0.1) is 0 Å². The molecule has 0 atom stereocenters. The summed E-state index contributed by atoms with van der Waals surface area (Å²) in [5.41, 5.74) is 1.48. The van der Waals surface area contributed by atoms with Crippen molar-refractivity contribution in [1.82, 2.24) is 9.78 Å². The van der Waals surface area contributed by atoms with Crippen LogP contribution in [0, 0.1) is 0 Å². The highest BCUT2D eigenvalue weighted by atomic mass is 16.5. The van der Waals surface area contributed by atoms with Gasteiger partial charge in [0, 0.05) is 23.1 Å². The molecule has 0 amide bonds. The lowest BCUT2D eigenvalue weighted by Gasteiger charge is -2.18. The summed E-state index contributed by atoms with van der Waals surface area (Å²) in [6.45, 7) is 5.96. The van der Waals surface area contributed by atoms with E-state index in [2.05, 4.69) is 5.10 Å². The third-order valence-electron chi connectivity index (χ3n) is 3.66. The van der Waals surface area contributed by atoms with Crippen LogP contribution in [0.3, 0.4) is 0 Å². The molecule has 6 heteroatoms. The molecule has 2 rings (SSSR count). The van der Waals surface area contributed by atoms with Crippen LogP contribution < -0.4 is 10.3 Å². The number of aromatic nitrogens is 2. The second-order valence-corrected chi connectivity index (χ2v) is 6.45. The largest absolute Gasteiger partial charge is 0.497 e. The third kappa shape index (κ3) is 3.64. The van der Waals surface area contributed by atoms with E-state index in [0.29, 0.717) is 17.0 Å². The summed E-state index contributed by atoms with van der Waals surface area (Å²) in [6, 6.07) is 7.11. The molecular weight excluding hydrogens is 296 g/mol. The number of carbonyl (C=O) groups is 1. The Balaban J connectivity index is 2.52. The Hall–Kier alpha value is -2.50. The van der Waals surface area contributed by atoms with Crippen molar-refractivity contribution in [3.8, 4) is 11.4 Å². The highest BCUT2D eigenvalue weighted by Crippen LogP contribution is 2.24. The topological polar surface area (TPSA) is 84.3 Å². The predicted molar refractivity (Wildman–Crippen MR) is 87.6 cm³/mol. The summed E-state index contributed by atoms with van der Waals surface area (Å²) >= 11 is 0. The minimum Gasteiger partial charge on any atom is -0.497 e. The molecule has 2 aromatic rings. The van der Waals surface area contributed by atoms with Gasteiger partial charge in [-0.3, -0.25) is 14.7 Å². The van der Waals surface area contributed by atoms with Gasteiger partial charge in [-0.05, 0) is 30.7 Å². The zero-order chi connectivity index (χ0) is 17.2. The van der Waals surface area contributed by atoms with Gasteiger partial charge >= 0.3 is 5.97 Å². The number of nitrogens with zero attached hydrogens (tertiary/aromatic N) is 1. The zero-order valence-corrected chi connectivity index (χ0v) is 13.8. The SMILES string of the molecule is COc1ccc(-n2[nH]c(C(C)(C)C)c(CCC(=O)O)c2=O)cc1. The summed E-state index contributed by atoms with van der Waals surface area (Å²) in [6.07, 6.45) is 0.138. The van der Waals surface area contributed by atoms with Gasteiger partial charge in [-0.1, -0.05) is 20.8 Å². The van der Waals surface area contributed by atoms with Crippen LogP contribution in [0.4, 0.5) is 0 Å². The number of hydrogen-bond donors (Lipinski definition) is 2. The Bertz CT molecular complexity index is 748. The molecule has 2 N–H and O–H groups in total. The van der Waals surface area contributed by atoms with Crippen LogP contribution >= 0.6 is 0 Å². The van der Waals surface area contributed by atoms with E-state index in [1.54, 1.807) is 31.4 Å².